The van der Waals surface area contributed by atoms with Crippen molar-refractivity contribution in [1.82, 2.24) is 24.0 Å². The van der Waals surface area contributed by atoms with E-state index in [0.29, 0.717) is 12.4 Å². The first-order valence-electron chi connectivity index (χ1n) is 10.2. The Kier molecular flexibility index (Phi) is 5.48. The fourth-order valence-electron chi connectivity index (χ4n) is 3.97. The van der Waals surface area contributed by atoms with E-state index < -0.39 is 17.3 Å². The highest BCUT2D eigenvalue weighted by Crippen LogP contribution is 2.21. The summed E-state index contributed by atoms with van der Waals surface area (Å²) in [5.74, 6) is 0.208. The maximum absolute atomic E-state index is 13.2. The maximum atomic E-state index is 13.2. The summed E-state index contributed by atoms with van der Waals surface area (Å²) in [6, 6.07) is 5.86. The summed E-state index contributed by atoms with van der Waals surface area (Å²) in [5.41, 5.74) is 0.370. The quantitative estimate of drug-likeness (QED) is 0.652. The van der Waals surface area contributed by atoms with Gasteiger partial charge < -0.3 is 9.47 Å². The topological polar surface area (TPSA) is 96.2 Å². The highest BCUT2D eigenvalue weighted by molar-refractivity contribution is 5.82. The number of Topliss-reactive ketones (excluding diaryl/α,β-unsaturated/α-hetero) is 1. The first-order chi connectivity index (χ1) is 14.8. The van der Waals surface area contributed by atoms with Crippen molar-refractivity contribution in [2.24, 2.45) is 7.05 Å². The van der Waals surface area contributed by atoms with Crippen LogP contribution in [0.5, 0.6) is 0 Å². The van der Waals surface area contributed by atoms with Crippen molar-refractivity contribution in [3.8, 4) is 0 Å². The molecule has 1 unspecified atom stereocenters. The van der Waals surface area contributed by atoms with Crippen LogP contribution in [0.4, 0.5) is 10.1 Å². The Morgan fingerprint density at radius 2 is 1.81 bits per heavy atom. The van der Waals surface area contributed by atoms with E-state index in [9.17, 15) is 18.8 Å². The molecule has 3 heterocycles. The summed E-state index contributed by atoms with van der Waals surface area (Å²) in [6.45, 7) is 6.63. The van der Waals surface area contributed by atoms with Gasteiger partial charge in [0.05, 0.1) is 12.6 Å². The number of nitrogens with zero attached hydrogens (tertiary/aromatic N) is 5. The molecule has 0 amide bonds. The van der Waals surface area contributed by atoms with E-state index in [0.717, 1.165) is 31.9 Å². The zero-order chi connectivity index (χ0) is 22.3. The SMILES string of the molecule is CC(=O)C(C)n1c(CN2CCN(c3ccc(F)cc3)CC2)nc2c1c(=O)[nH]c(=O)n2C. The van der Waals surface area contributed by atoms with Crippen LogP contribution < -0.4 is 16.1 Å². The van der Waals surface area contributed by atoms with Crippen LogP contribution in [0.3, 0.4) is 0 Å². The summed E-state index contributed by atoms with van der Waals surface area (Å²) in [6.07, 6.45) is 0. The molecule has 9 nitrogen and oxygen atoms in total. The fraction of sp³-hybridized carbons (Fsp3) is 0.429. The molecule has 0 aliphatic carbocycles. The highest BCUT2D eigenvalue weighted by Gasteiger charge is 2.26. The molecule has 1 aliphatic heterocycles. The largest absolute Gasteiger partial charge is 0.369 e. The number of hydrogen-bond acceptors (Lipinski definition) is 6. The number of aryl methyl sites for hydroxylation is 1. The van der Waals surface area contributed by atoms with Gasteiger partial charge in [-0.15, -0.1) is 0 Å². The van der Waals surface area contributed by atoms with Crippen molar-refractivity contribution in [2.75, 3.05) is 31.1 Å². The molecule has 1 fully saturated rings. The first-order valence-corrected chi connectivity index (χ1v) is 10.2. The van der Waals surface area contributed by atoms with Gasteiger partial charge in [0.25, 0.3) is 5.56 Å². The van der Waals surface area contributed by atoms with Gasteiger partial charge >= 0.3 is 5.69 Å². The van der Waals surface area contributed by atoms with E-state index in [1.165, 1.54) is 23.6 Å². The highest BCUT2D eigenvalue weighted by atomic mass is 19.1. The molecule has 164 valence electrons. The van der Waals surface area contributed by atoms with Gasteiger partial charge in [-0.05, 0) is 38.1 Å². The molecule has 3 aromatic rings. The number of H-pyrrole nitrogens is 1. The van der Waals surface area contributed by atoms with Gasteiger partial charge in [0, 0.05) is 38.9 Å². The van der Waals surface area contributed by atoms with Crippen LogP contribution in [0.1, 0.15) is 25.7 Å². The molecule has 0 radical (unpaired) electrons. The summed E-state index contributed by atoms with van der Waals surface area (Å²) < 4.78 is 16.1. The Morgan fingerprint density at radius 1 is 1.16 bits per heavy atom. The minimum atomic E-state index is -0.584. The van der Waals surface area contributed by atoms with Crippen molar-refractivity contribution in [3.05, 3.63) is 56.7 Å². The first kappa shape index (κ1) is 21.0. The molecule has 10 heteroatoms. The predicted octanol–water partition coefficient (Wildman–Crippen LogP) is 1.03. The average Bonchev–Trinajstić information content (AvgIpc) is 3.12. The van der Waals surface area contributed by atoms with Crippen molar-refractivity contribution in [3.63, 3.8) is 0 Å². The van der Waals surface area contributed by atoms with E-state index in [4.69, 9.17) is 0 Å². The number of fused-ring (bicyclic) bond motifs is 1. The minimum Gasteiger partial charge on any atom is -0.369 e. The predicted molar refractivity (Wildman–Crippen MR) is 115 cm³/mol. The number of anilines is 1. The third-order valence-corrected chi connectivity index (χ3v) is 5.93. The summed E-state index contributed by atoms with van der Waals surface area (Å²) in [5, 5.41) is 0. The van der Waals surface area contributed by atoms with Crippen LogP contribution in [0.2, 0.25) is 0 Å². The lowest BCUT2D eigenvalue weighted by Gasteiger charge is -2.36. The number of halogens is 1. The third-order valence-electron chi connectivity index (χ3n) is 5.93. The normalized spacial score (nSPS) is 16.1. The summed E-state index contributed by atoms with van der Waals surface area (Å²) >= 11 is 0. The van der Waals surface area contributed by atoms with Crippen molar-refractivity contribution in [2.45, 2.75) is 26.4 Å². The molecule has 0 spiro atoms. The van der Waals surface area contributed by atoms with E-state index in [1.54, 1.807) is 30.7 Å². The van der Waals surface area contributed by atoms with Gasteiger partial charge in [-0.1, -0.05) is 0 Å². The summed E-state index contributed by atoms with van der Waals surface area (Å²) in [7, 11) is 1.54. The monoisotopic (exact) mass is 428 g/mol. The van der Waals surface area contributed by atoms with Gasteiger partial charge in [0.2, 0.25) is 0 Å². The number of carbonyl (C=O) groups excluding carboxylic acids is 1. The number of carbonyl (C=O) groups is 1. The van der Waals surface area contributed by atoms with Crippen molar-refractivity contribution >= 4 is 22.6 Å². The Balaban J connectivity index is 1.62. The average molecular weight is 428 g/mol. The number of aromatic amines is 1. The number of aromatic nitrogens is 4. The minimum absolute atomic E-state index is 0.102. The Bertz CT molecular complexity index is 1230. The molecule has 1 atom stereocenters. The molecule has 1 aromatic carbocycles. The lowest BCUT2D eigenvalue weighted by Crippen LogP contribution is -2.46. The molecule has 2 aromatic heterocycles. The molecular formula is C21H25FN6O3. The lowest BCUT2D eigenvalue weighted by molar-refractivity contribution is -0.119. The number of hydrogen-bond donors (Lipinski definition) is 1. The van der Waals surface area contributed by atoms with E-state index in [2.05, 4.69) is 19.8 Å². The van der Waals surface area contributed by atoms with Crippen LogP contribution >= 0.6 is 0 Å². The van der Waals surface area contributed by atoms with Crippen LogP contribution in [0.25, 0.3) is 11.2 Å². The molecule has 1 N–H and O–H groups in total. The van der Waals surface area contributed by atoms with Crippen molar-refractivity contribution < 1.29 is 9.18 Å². The number of ketones is 1. The second kappa shape index (κ2) is 8.10. The maximum Gasteiger partial charge on any atom is 0.329 e. The Hall–Kier alpha value is -3.27. The lowest BCUT2D eigenvalue weighted by atomic mass is 10.2. The van der Waals surface area contributed by atoms with Crippen molar-refractivity contribution in [1.29, 1.82) is 0 Å². The number of nitrogens with one attached hydrogen (secondary N) is 1. The van der Waals surface area contributed by atoms with Gasteiger partial charge in [-0.3, -0.25) is 24.0 Å². The molecule has 31 heavy (non-hydrogen) atoms. The van der Waals surface area contributed by atoms with Gasteiger partial charge in [0.15, 0.2) is 16.9 Å². The third kappa shape index (κ3) is 3.90. The molecule has 1 aliphatic rings. The smallest absolute Gasteiger partial charge is 0.329 e. The molecular weight excluding hydrogens is 403 g/mol. The number of imidazole rings is 1. The molecule has 0 bridgehead atoms. The van der Waals surface area contributed by atoms with E-state index in [-0.39, 0.29) is 22.8 Å². The van der Waals surface area contributed by atoms with Crippen LogP contribution in [0, 0.1) is 5.82 Å². The molecule has 1 saturated heterocycles. The molecule has 0 saturated carbocycles. The molecule has 4 rings (SSSR count). The number of piperazine rings is 1. The van der Waals surface area contributed by atoms with Gasteiger partial charge in [-0.25, -0.2) is 14.2 Å². The zero-order valence-corrected chi connectivity index (χ0v) is 17.8. The van der Waals surface area contributed by atoms with E-state index in [1.807, 2.05) is 0 Å². The zero-order valence-electron chi connectivity index (χ0n) is 17.8. The van der Waals surface area contributed by atoms with Crippen LogP contribution in [-0.2, 0) is 18.4 Å². The standard InChI is InChI=1S/C21H25FN6O3/c1-13(14(2)29)28-17(23-19-18(28)20(30)24-21(31)25(19)3)12-26-8-10-27(11-9-26)16-6-4-15(22)5-7-16/h4-7,13H,8-12H2,1-3H3,(H,24,30,31). The number of benzene rings is 1. The van der Waals surface area contributed by atoms with Gasteiger partial charge in [-0.2, -0.15) is 0 Å². The van der Waals surface area contributed by atoms with Crippen LogP contribution in [-0.4, -0.2) is 56.0 Å². The van der Waals surface area contributed by atoms with E-state index >= 15 is 0 Å². The Labute approximate surface area is 177 Å². The van der Waals surface area contributed by atoms with Gasteiger partial charge in [0.1, 0.15) is 11.6 Å². The second-order valence-electron chi connectivity index (χ2n) is 7.91. The fourth-order valence-corrected chi connectivity index (χ4v) is 3.97. The number of rotatable bonds is 5. The van der Waals surface area contributed by atoms with Crippen LogP contribution in [0.15, 0.2) is 33.9 Å². The summed E-state index contributed by atoms with van der Waals surface area (Å²) in [4.78, 5) is 47.9. The second-order valence-corrected chi connectivity index (χ2v) is 7.91. The Morgan fingerprint density at radius 3 is 2.42 bits per heavy atom.